The lowest BCUT2D eigenvalue weighted by Gasteiger charge is -2.22. The minimum absolute atomic E-state index is 0.0685. The van der Waals surface area contributed by atoms with Crippen LogP contribution in [0.3, 0.4) is 0 Å². The molecule has 0 aromatic heterocycles. The number of carbonyl (C=O) groups is 1. The van der Waals surface area contributed by atoms with Crippen LogP contribution in [0.2, 0.25) is 0 Å². The number of hydrogen-bond acceptors (Lipinski definition) is 2. The van der Waals surface area contributed by atoms with E-state index in [0.717, 1.165) is 12.1 Å². The SMILES string of the molecule is CNC(C)(C)C(=O)Cc1ccc(F)c(F)c1. The molecule has 0 saturated carbocycles. The Labute approximate surface area is 93.7 Å². The van der Waals surface area contributed by atoms with E-state index in [1.54, 1.807) is 20.9 Å². The van der Waals surface area contributed by atoms with Crippen LogP contribution in [0.4, 0.5) is 8.78 Å². The van der Waals surface area contributed by atoms with Crippen LogP contribution in [0.5, 0.6) is 0 Å². The molecule has 0 saturated heterocycles. The zero-order chi connectivity index (χ0) is 12.3. The van der Waals surface area contributed by atoms with Crippen molar-refractivity contribution in [2.75, 3.05) is 7.05 Å². The molecule has 4 heteroatoms. The van der Waals surface area contributed by atoms with Crippen LogP contribution in [0.1, 0.15) is 19.4 Å². The fourth-order valence-corrected chi connectivity index (χ4v) is 1.20. The molecule has 1 aromatic rings. The van der Waals surface area contributed by atoms with Crippen molar-refractivity contribution in [3.05, 3.63) is 35.4 Å². The van der Waals surface area contributed by atoms with E-state index in [2.05, 4.69) is 5.32 Å². The second-order valence-electron chi connectivity index (χ2n) is 4.22. The molecular weight excluding hydrogens is 212 g/mol. The second-order valence-corrected chi connectivity index (χ2v) is 4.22. The lowest BCUT2D eigenvalue weighted by molar-refractivity contribution is -0.123. The third-order valence-corrected chi connectivity index (χ3v) is 2.67. The minimum atomic E-state index is -0.924. The van der Waals surface area contributed by atoms with Gasteiger partial charge < -0.3 is 5.32 Å². The summed E-state index contributed by atoms with van der Waals surface area (Å²) >= 11 is 0. The first kappa shape index (κ1) is 12.8. The number of carbonyl (C=O) groups excluding carboxylic acids is 1. The van der Waals surface area contributed by atoms with Gasteiger partial charge in [0.1, 0.15) is 0 Å². The maximum Gasteiger partial charge on any atom is 0.159 e. The zero-order valence-corrected chi connectivity index (χ0v) is 9.60. The van der Waals surface area contributed by atoms with Crippen molar-refractivity contribution in [1.82, 2.24) is 5.32 Å². The molecular formula is C12H15F2NO. The van der Waals surface area contributed by atoms with Gasteiger partial charge in [-0.2, -0.15) is 0 Å². The van der Waals surface area contributed by atoms with E-state index in [4.69, 9.17) is 0 Å². The molecule has 0 heterocycles. The summed E-state index contributed by atoms with van der Waals surface area (Å²) in [5, 5.41) is 2.87. The molecule has 0 radical (unpaired) electrons. The van der Waals surface area contributed by atoms with Gasteiger partial charge in [-0.3, -0.25) is 4.79 Å². The van der Waals surface area contributed by atoms with Crippen molar-refractivity contribution >= 4 is 5.78 Å². The monoisotopic (exact) mass is 227 g/mol. The third-order valence-electron chi connectivity index (χ3n) is 2.67. The predicted octanol–water partition coefficient (Wildman–Crippen LogP) is 2.07. The summed E-state index contributed by atoms with van der Waals surface area (Å²) in [6.07, 6.45) is 0.0883. The average Bonchev–Trinajstić information content (AvgIpc) is 2.23. The summed E-state index contributed by atoms with van der Waals surface area (Å²) in [4.78, 5) is 11.8. The molecule has 2 nitrogen and oxygen atoms in total. The minimum Gasteiger partial charge on any atom is -0.308 e. The first-order valence-electron chi connectivity index (χ1n) is 5.03. The Morgan fingerprint density at radius 1 is 1.31 bits per heavy atom. The summed E-state index contributed by atoms with van der Waals surface area (Å²) in [6.45, 7) is 3.49. The van der Waals surface area contributed by atoms with Crippen LogP contribution in [0, 0.1) is 11.6 Å². The van der Waals surface area contributed by atoms with E-state index in [9.17, 15) is 13.6 Å². The molecule has 0 amide bonds. The molecule has 0 bridgehead atoms. The molecule has 0 aliphatic carbocycles. The van der Waals surface area contributed by atoms with Crippen molar-refractivity contribution < 1.29 is 13.6 Å². The van der Waals surface area contributed by atoms with Crippen LogP contribution in [-0.4, -0.2) is 18.4 Å². The van der Waals surface area contributed by atoms with Crippen LogP contribution < -0.4 is 5.32 Å². The van der Waals surface area contributed by atoms with Crippen molar-refractivity contribution in [2.24, 2.45) is 0 Å². The van der Waals surface area contributed by atoms with Crippen molar-refractivity contribution in [3.8, 4) is 0 Å². The molecule has 0 fully saturated rings. The number of rotatable bonds is 4. The van der Waals surface area contributed by atoms with Gasteiger partial charge in [0, 0.05) is 6.42 Å². The number of ketones is 1. The number of likely N-dealkylation sites (N-methyl/N-ethyl adjacent to an activating group) is 1. The topological polar surface area (TPSA) is 29.1 Å². The van der Waals surface area contributed by atoms with Gasteiger partial charge in [0.25, 0.3) is 0 Å². The van der Waals surface area contributed by atoms with Gasteiger partial charge in [0.15, 0.2) is 17.4 Å². The van der Waals surface area contributed by atoms with Gasteiger partial charge in [-0.25, -0.2) is 8.78 Å². The Hall–Kier alpha value is -1.29. The third kappa shape index (κ3) is 2.85. The normalized spacial score (nSPS) is 11.6. The fourth-order valence-electron chi connectivity index (χ4n) is 1.20. The largest absolute Gasteiger partial charge is 0.308 e. The zero-order valence-electron chi connectivity index (χ0n) is 9.60. The fraction of sp³-hybridized carbons (Fsp3) is 0.417. The number of nitrogens with one attached hydrogen (secondary N) is 1. The van der Waals surface area contributed by atoms with E-state index in [-0.39, 0.29) is 12.2 Å². The number of hydrogen-bond donors (Lipinski definition) is 1. The molecule has 16 heavy (non-hydrogen) atoms. The van der Waals surface area contributed by atoms with Gasteiger partial charge in [0.05, 0.1) is 5.54 Å². The lowest BCUT2D eigenvalue weighted by atomic mass is 9.94. The van der Waals surface area contributed by atoms with Gasteiger partial charge in [0.2, 0.25) is 0 Å². The summed E-state index contributed by atoms with van der Waals surface area (Å²) < 4.78 is 25.6. The highest BCUT2D eigenvalue weighted by atomic mass is 19.2. The molecule has 1 rings (SSSR count). The Morgan fingerprint density at radius 3 is 2.44 bits per heavy atom. The van der Waals surface area contributed by atoms with E-state index in [0.29, 0.717) is 5.56 Å². The quantitative estimate of drug-likeness (QED) is 0.853. The predicted molar refractivity (Wildman–Crippen MR) is 58.2 cm³/mol. The smallest absolute Gasteiger partial charge is 0.159 e. The van der Waals surface area contributed by atoms with Crippen LogP contribution in [0.15, 0.2) is 18.2 Å². The van der Waals surface area contributed by atoms with Crippen LogP contribution >= 0.6 is 0 Å². The van der Waals surface area contributed by atoms with Gasteiger partial charge in [-0.1, -0.05) is 6.07 Å². The number of benzene rings is 1. The number of halogens is 2. The molecule has 0 aliphatic rings. The standard InChI is InChI=1S/C12H15F2NO/c1-12(2,15-3)11(16)7-8-4-5-9(13)10(14)6-8/h4-6,15H,7H2,1-3H3. The Balaban J connectivity index is 2.82. The van der Waals surface area contributed by atoms with Crippen molar-refractivity contribution in [2.45, 2.75) is 25.8 Å². The molecule has 1 N–H and O–H groups in total. The first-order chi connectivity index (χ1) is 7.36. The highest BCUT2D eigenvalue weighted by Crippen LogP contribution is 2.13. The molecule has 0 aliphatic heterocycles. The molecule has 0 unspecified atom stereocenters. The summed E-state index contributed by atoms with van der Waals surface area (Å²) in [5.74, 6) is -1.89. The van der Waals surface area contributed by atoms with E-state index in [1.807, 2.05) is 0 Å². The average molecular weight is 227 g/mol. The summed E-state index contributed by atoms with van der Waals surface area (Å²) in [7, 11) is 1.68. The van der Waals surface area contributed by atoms with E-state index >= 15 is 0 Å². The van der Waals surface area contributed by atoms with Gasteiger partial charge >= 0.3 is 0 Å². The maximum absolute atomic E-state index is 12.9. The van der Waals surface area contributed by atoms with Crippen molar-refractivity contribution in [3.63, 3.8) is 0 Å². The first-order valence-corrected chi connectivity index (χ1v) is 5.03. The highest BCUT2D eigenvalue weighted by molar-refractivity contribution is 5.89. The molecule has 1 aromatic carbocycles. The number of Topliss-reactive ketones (excluding diaryl/α,β-unsaturated/α-hetero) is 1. The Morgan fingerprint density at radius 2 is 1.94 bits per heavy atom. The highest BCUT2D eigenvalue weighted by Gasteiger charge is 2.24. The van der Waals surface area contributed by atoms with Crippen LogP contribution in [-0.2, 0) is 11.2 Å². The van der Waals surface area contributed by atoms with E-state index < -0.39 is 17.2 Å². The van der Waals surface area contributed by atoms with Crippen molar-refractivity contribution in [1.29, 1.82) is 0 Å². The lowest BCUT2D eigenvalue weighted by Crippen LogP contribution is -2.45. The van der Waals surface area contributed by atoms with Gasteiger partial charge in [-0.15, -0.1) is 0 Å². The Kier molecular flexibility index (Phi) is 3.75. The molecule has 0 atom stereocenters. The molecule has 0 spiro atoms. The summed E-state index contributed by atoms with van der Waals surface area (Å²) in [5.41, 5.74) is -0.183. The Bertz CT molecular complexity index is 402. The van der Waals surface area contributed by atoms with Gasteiger partial charge in [-0.05, 0) is 38.6 Å². The van der Waals surface area contributed by atoms with E-state index in [1.165, 1.54) is 6.07 Å². The molecule has 88 valence electrons. The maximum atomic E-state index is 12.9. The van der Waals surface area contributed by atoms with Crippen LogP contribution in [0.25, 0.3) is 0 Å². The summed E-state index contributed by atoms with van der Waals surface area (Å²) in [6, 6.07) is 3.51. The second kappa shape index (κ2) is 4.70.